The molecule has 2 aliphatic rings. The van der Waals surface area contributed by atoms with E-state index in [9.17, 15) is 14.7 Å². The molecule has 0 saturated carbocycles. The number of fused-ring (bicyclic) bond motifs is 1. The molecule has 0 amide bonds. The maximum Gasteiger partial charge on any atom is 0.309 e. The standard InChI is InChI=1S/C17H24O5/c1-9-5-6-14(19)11(3)15(21-12(4)18)8-13-10(2)17(20)22-16(13)7-9/h7,10,13-16,19H,3,5-6,8H2,1-2,4H3/b9-7+/t10-,13?,14+,15?,16+/m0/s1. The van der Waals surface area contributed by atoms with Crippen LogP contribution < -0.4 is 0 Å². The first-order chi connectivity index (χ1) is 10.3. The van der Waals surface area contributed by atoms with Crippen LogP contribution in [0.15, 0.2) is 23.8 Å². The normalized spacial score (nSPS) is 38.5. The number of carbonyl (C=O) groups is 2. The molecule has 2 rings (SSSR count). The number of esters is 2. The molecule has 1 aliphatic heterocycles. The zero-order valence-corrected chi connectivity index (χ0v) is 13.4. The highest BCUT2D eigenvalue weighted by Crippen LogP contribution is 2.36. The van der Waals surface area contributed by atoms with E-state index in [4.69, 9.17) is 9.47 Å². The van der Waals surface area contributed by atoms with Crippen LogP contribution in [0.5, 0.6) is 0 Å². The van der Waals surface area contributed by atoms with Gasteiger partial charge in [-0.3, -0.25) is 9.59 Å². The molecule has 0 aromatic heterocycles. The number of rotatable bonds is 1. The lowest BCUT2D eigenvalue weighted by Crippen LogP contribution is -2.32. The Morgan fingerprint density at radius 3 is 2.82 bits per heavy atom. The Balaban J connectivity index is 2.32. The van der Waals surface area contributed by atoms with E-state index >= 15 is 0 Å². The van der Waals surface area contributed by atoms with Gasteiger partial charge in [-0.2, -0.15) is 0 Å². The van der Waals surface area contributed by atoms with Crippen LogP contribution in [0.25, 0.3) is 0 Å². The predicted molar refractivity (Wildman–Crippen MR) is 80.8 cm³/mol. The monoisotopic (exact) mass is 308 g/mol. The second kappa shape index (κ2) is 6.65. The summed E-state index contributed by atoms with van der Waals surface area (Å²) in [5.74, 6) is -1.01. The number of hydrogen-bond acceptors (Lipinski definition) is 5. The lowest BCUT2D eigenvalue weighted by Gasteiger charge is -2.29. The zero-order chi connectivity index (χ0) is 16.4. The minimum absolute atomic E-state index is 0.0890. The van der Waals surface area contributed by atoms with Gasteiger partial charge < -0.3 is 14.6 Å². The highest BCUT2D eigenvalue weighted by atomic mass is 16.6. The summed E-state index contributed by atoms with van der Waals surface area (Å²) < 4.78 is 10.8. The largest absolute Gasteiger partial charge is 0.458 e. The molecule has 22 heavy (non-hydrogen) atoms. The molecule has 1 N–H and O–H groups in total. The first-order valence-electron chi connectivity index (χ1n) is 7.71. The second-order valence-corrected chi connectivity index (χ2v) is 6.33. The molecule has 0 aromatic rings. The fourth-order valence-corrected chi connectivity index (χ4v) is 3.13. The fraction of sp³-hybridized carbons (Fsp3) is 0.647. The van der Waals surface area contributed by atoms with E-state index < -0.39 is 18.2 Å². The molecule has 1 saturated heterocycles. The Labute approximate surface area is 131 Å². The van der Waals surface area contributed by atoms with Crippen molar-refractivity contribution in [3.05, 3.63) is 23.8 Å². The summed E-state index contributed by atoms with van der Waals surface area (Å²) in [5.41, 5.74) is 1.57. The van der Waals surface area contributed by atoms with Gasteiger partial charge in [0.05, 0.1) is 12.0 Å². The average Bonchev–Trinajstić information content (AvgIpc) is 2.69. The number of carbonyl (C=O) groups excluding carboxylic acids is 2. The quantitative estimate of drug-likeness (QED) is 0.593. The topological polar surface area (TPSA) is 72.8 Å². The first kappa shape index (κ1) is 16.7. The summed E-state index contributed by atoms with van der Waals surface area (Å²) in [4.78, 5) is 23.2. The molecule has 5 atom stereocenters. The Hall–Kier alpha value is -1.62. The molecule has 2 unspecified atom stereocenters. The van der Waals surface area contributed by atoms with Crippen LogP contribution in [0, 0.1) is 11.8 Å². The number of allylic oxidation sites excluding steroid dienone is 1. The summed E-state index contributed by atoms with van der Waals surface area (Å²) in [7, 11) is 0. The summed E-state index contributed by atoms with van der Waals surface area (Å²) in [6, 6.07) is 0. The number of hydrogen-bond donors (Lipinski definition) is 1. The van der Waals surface area contributed by atoms with Gasteiger partial charge in [-0.25, -0.2) is 0 Å². The summed E-state index contributed by atoms with van der Waals surface area (Å²) in [6.45, 7) is 9.04. The van der Waals surface area contributed by atoms with Crippen LogP contribution >= 0.6 is 0 Å². The van der Waals surface area contributed by atoms with E-state index in [0.29, 0.717) is 24.8 Å². The van der Waals surface area contributed by atoms with Crippen molar-refractivity contribution in [3.63, 3.8) is 0 Å². The van der Waals surface area contributed by atoms with Gasteiger partial charge in [-0.15, -0.1) is 0 Å². The lowest BCUT2D eigenvalue weighted by atomic mass is 9.82. The minimum atomic E-state index is -0.724. The number of aliphatic hydroxyl groups excluding tert-OH is 1. The summed E-state index contributed by atoms with van der Waals surface area (Å²) >= 11 is 0. The molecule has 122 valence electrons. The van der Waals surface area contributed by atoms with Gasteiger partial charge in [0.15, 0.2) is 0 Å². The van der Waals surface area contributed by atoms with Crippen molar-refractivity contribution >= 4 is 11.9 Å². The third kappa shape index (κ3) is 3.58. The maximum atomic E-state index is 11.9. The molecule has 0 radical (unpaired) electrons. The highest BCUT2D eigenvalue weighted by molar-refractivity contribution is 5.75. The van der Waals surface area contributed by atoms with Crippen LogP contribution in [-0.4, -0.2) is 35.4 Å². The van der Waals surface area contributed by atoms with E-state index in [2.05, 4.69) is 6.58 Å². The third-order valence-corrected chi connectivity index (χ3v) is 4.59. The van der Waals surface area contributed by atoms with E-state index in [1.165, 1.54) is 6.92 Å². The molecule has 1 heterocycles. The predicted octanol–water partition coefficient (Wildman–Crippen LogP) is 2.14. The number of ether oxygens (including phenoxy) is 2. The molecular formula is C17H24O5. The maximum absolute atomic E-state index is 11.9. The van der Waals surface area contributed by atoms with Gasteiger partial charge in [-0.05, 0) is 37.8 Å². The third-order valence-electron chi connectivity index (χ3n) is 4.59. The van der Waals surface area contributed by atoms with Crippen molar-refractivity contribution in [2.45, 2.75) is 58.3 Å². The smallest absolute Gasteiger partial charge is 0.309 e. The van der Waals surface area contributed by atoms with E-state index in [1.54, 1.807) is 0 Å². The highest BCUT2D eigenvalue weighted by Gasteiger charge is 2.43. The van der Waals surface area contributed by atoms with Gasteiger partial charge >= 0.3 is 11.9 Å². The van der Waals surface area contributed by atoms with E-state index in [-0.39, 0.29) is 23.9 Å². The van der Waals surface area contributed by atoms with Crippen molar-refractivity contribution in [2.24, 2.45) is 11.8 Å². The summed E-state index contributed by atoms with van der Waals surface area (Å²) in [5, 5.41) is 10.2. The van der Waals surface area contributed by atoms with Crippen molar-refractivity contribution in [1.29, 1.82) is 0 Å². The van der Waals surface area contributed by atoms with E-state index in [0.717, 1.165) is 5.57 Å². The minimum Gasteiger partial charge on any atom is -0.458 e. The summed E-state index contributed by atoms with van der Waals surface area (Å²) in [6.07, 6.45) is 1.96. The molecule has 5 nitrogen and oxygen atoms in total. The molecule has 1 fully saturated rings. The SMILES string of the molecule is C=C1C(OC(C)=O)CC2[C@H](C)C(=O)O[C@@H]2/C=C(\C)CC[C@H]1O. The van der Waals surface area contributed by atoms with Crippen molar-refractivity contribution in [3.8, 4) is 0 Å². The van der Waals surface area contributed by atoms with Gasteiger partial charge in [0.2, 0.25) is 0 Å². The van der Waals surface area contributed by atoms with Crippen LogP contribution in [0.3, 0.4) is 0 Å². The first-order valence-corrected chi connectivity index (χ1v) is 7.71. The lowest BCUT2D eigenvalue weighted by molar-refractivity contribution is -0.146. The molecule has 0 aromatic carbocycles. The van der Waals surface area contributed by atoms with Crippen molar-refractivity contribution < 1.29 is 24.2 Å². The average molecular weight is 308 g/mol. The van der Waals surface area contributed by atoms with Crippen LogP contribution in [0.2, 0.25) is 0 Å². The molecule has 0 spiro atoms. The molecular weight excluding hydrogens is 284 g/mol. The van der Waals surface area contributed by atoms with Gasteiger partial charge in [0.25, 0.3) is 0 Å². The van der Waals surface area contributed by atoms with Gasteiger partial charge in [-0.1, -0.05) is 19.1 Å². The van der Waals surface area contributed by atoms with Gasteiger partial charge in [0.1, 0.15) is 12.2 Å². The van der Waals surface area contributed by atoms with Gasteiger partial charge in [0, 0.05) is 12.8 Å². The fourth-order valence-electron chi connectivity index (χ4n) is 3.13. The van der Waals surface area contributed by atoms with Crippen LogP contribution in [0.4, 0.5) is 0 Å². The Kier molecular flexibility index (Phi) is 5.06. The Morgan fingerprint density at radius 2 is 2.18 bits per heavy atom. The number of aliphatic hydroxyl groups is 1. The van der Waals surface area contributed by atoms with Crippen molar-refractivity contribution in [2.75, 3.05) is 0 Å². The molecule has 5 heteroatoms. The molecule has 0 bridgehead atoms. The molecule has 1 aliphatic carbocycles. The Morgan fingerprint density at radius 1 is 1.50 bits per heavy atom. The zero-order valence-electron chi connectivity index (χ0n) is 13.4. The second-order valence-electron chi connectivity index (χ2n) is 6.33. The van der Waals surface area contributed by atoms with Crippen molar-refractivity contribution in [1.82, 2.24) is 0 Å². The van der Waals surface area contributed by atoms with E-state index in [1.807, 2.05) is 19.9 Å². The Bertz CT molecular complexity index is 507. The van der Waals surface area contributed by atoms with Crippen LogP contribution in [-0.2, 0) is 19.1 Å². The van der Waals surface area contributed by atoms with Crippen LogP contribution in [0.1, 0.15) is 40.0 Å².